The van der Waals surface area contributed by atoms with Gasteiger partial charge in [-0.25, -0.2) is 9.18 Å². The largest absolute Gasteiger partial charge is 0.481 e. The first-order valence-corrected chi connectivity index (χ1v) is 5.68. The van der Waals surface area contributed by atoms with Crippen molar-refractivity contribution in [1.82, 2.24) is 0 Å². The van der Waals surface area contributed by atoms with Crippen LogP contribution in [0.1, 0.15) is 26.3 Å². The van der Waals surface area contributed by atoms with E-state index in [9.17, 15) is 14.0 Å². The number of carbonyl (C=O) groups is 2. The van der Waals surface area contributed by atoms with Crippen molar-refractivity contribution in [3.8, 4) is 0 Å². The average Bonchev–Trinajstić information content (AvgIpc) is 2.19. The average molecular weight is 269 g/mol. The lowest BCUT2D eigenvalue weighted by atomic mass is 10.1. The molecule has 6 heteroatoms. The quantitative estimate of drug-likeness (QED) is 0.884. The van der Waals surface area contributed by atoms with Crippen LogP contribution in [0.4, 0.5) is 14.9 Å². The fraction of sp³-hybridized carbons (Fsp3) is 0.385. The molecule has 0 aliphatic carbocycles. The molecule has 0 spiro atoms. The second-order valence-electron chi connectivity index (χ2n) is 4.96. The molecule has 0 saturated heterocycles. The lowest BCUT2D eigenvalue weighted by Gasteiger charge is -2.20. The Morgan fingerprint density at radius 3 is 2.53 bits per heavy atom. The zero-order chi connectivity index (χ0) is 14.6. The van der Waals surface area contributed by atoms with Gasteiger partial charge in [-0.15, -0.1) is 0 Å². The third-order valence-corrected chi connectivity index (χ3v) is 2.08. The monoisotopic (exact) mass is 269 g/mol. The van der Waals surface area contributed by atoms with Gasteiger partial charge in [0, 0.05) is 5.56 Å². The van der Waals surface area contributed by atoms with Crippen LogP contribution in [0, 0.1) is 5.82 Å². The van der Waals surface area contributed by atoms with Crippen molar-refractivity contribution < 1.29 is 23.8 Å². The van der Waals surface area contributed by atoms with Crippen molar-refractivity contribution in [3.05, 3.63) is 29.6 Å². The number of nitrogens with one attached hydrogen (secondary N) is 1. The lowest BCUT2D eigenvalue weighted by Crippen LogP contribution is -2.27. The highest BCUT2D eigenvalue weighted by molar-refractivity contribution is 5.87. The van der Waals surface area contributed by atoms with Gasteiger partial charge in [0.05, 0.1) is 12.1 Å². The maximum absolute atomic E-state index is 13.5. The number of rotatable bonds is 3. The standard InChI is InChI=1S/C13H16FNO4/c1-13(2,3)19-12(18)15-10-6-4-5-9(14)8(10)7-11(16)17/h4-6H,7H2,1-3H3,(H,15,18)(H,16,17). The molecule has 0 aliphatic rings. The Balaban J connectivity index is 2.92. The first kappa shape index (κ1) is 14.9. The van der Waals surface area contributed by atoms with Crippen LogP contribution in [0.2, 0.25) is 0 Å². The van der Waals surface area contributed by atoms with Crippen molar-refractivity contribution in [2.75, 3.05) is 5.32 Å². The predicted molar refractivity (Wildman–Crippen MR) is 67.6 cm³/mol. The Morgan fingerprint density at radius 2 is 2.00 bits per heavy atom. The van der Waals surface area contributed by atoms with E-state index in [0.29, 0.717) is 0 Å². The number of amides is 1. The Bertz CT molecular complexity index is 494. The van der Waals surface area contributed by atoms with Gasteiger partial charge in [-0.3, -0.25) is 10.1 Å². The summed E-state index contributed by atoms with van der Waals surface area (Å²) in [5.41, 5.74) is -0.679. The third-order valence-electron chi connectivity index (χ3n) is 2.08. The number of carboxylic acids is 1. The van der Waals surface area contributed by atoms with Gasteiger partial charge in [-0.1, -0.05) is 6.07 Å². The van der Waals surface area contributed by atoms with E-state index in [1.54, 1.807) is 20.8 Å². The van der Waals surface area contributed by atoms with Crippen LogP contribution >= 0.6 is 0 Å². The molecule has 0 unspecified atom stereocenters. The van der Waals surface area contributed by atoms with Gasteiger partial charge in [0.25, 0.3) is 0 Å². The normalized spacial score (nSPS) is 10.9. The second-order valence-corrected chi connectivity index (χ2v) is 4.96. The van der Waals surface area contributed by atoms with Crippen molar-refractivity contribution in [1.29, 1.82) is 0 Å². The fourth-order valence-corrected chi connectivity index (χ4v) is 1.42. The first-order valence-electron chi connectivity index (χ1n) is 5.68. The topological polar surface area (TPSA) is 75.6 Å². The first-order chi connectivity index (χ1) is 8.69. The van der Waals surface area contributed by atoms with Gasteiger partial charge >= 0.3 is 12.1 Å². The zero-order valence-corrected chi connectivity index (χ0v) is 11.0. The van der Waals surface area contributed by atoms with Crippen molar-refractivity contribution in [2.24, 2.45) is 0 Å². The molecule has 0 bridgehead atoms. The van der Waals surface area contributed by atoms with Crippen LogP contribution in [-0.2, 0) is 16.0 Å². The van der Waals surface area contributed by atoms with Gasteiger partial charge in [0.2, 0.25) is 0 Å². The Hall–Kier alpha value is -2.11. The Labute approximate surface area is 110 Å². The molecule has 0 saturated carbocycles. The number of halogens is 1. The number of hydrogen-bond donors (Lipinski definition) is 2. The van der Waals surface area contributed by atoms with Crippen LogP contribution in [0.15, 0.2) is 18.2 Å². The molecule has 104 valence electrons. The number of ether oxygens (including phenoxy) is 1. The highest BCUT2D eigenvalue weighted by atomic mass is 19.1. The van der Waals surface area contributed by atoms with Gasteiger partial charge in [0.15, 0.2) is 0 Å². The highest BCUT2D eigenvalue weighted by Crippen LogP contribution is 2.20. The number of benzene rings is 1. The van der Waals surface area contributed by atoms with Crippen LogP contribution in [0.5, 0.6) is 0 Å². The van der Waals surface area contributed by atoms with Crippen LogP contribution in [0.25, 0.3) is 0 Å². The molecule has 1 rings (SSSR count). The molecule has 0 atom stereocenters. The molecule has 1 aromatic carbocycles. The molecule has 0 fully saturated rings. The summed E-state index contributed by atoms with van der Waals surface area (Å²) in [6, 6.07) is 3.94. The van der Waals surface area contributed by atoms with Crippen LogP contribution in [0.3, 0.4) is 0 Å². The number of carbonyl (C=O) groups excluding carboxylic acids is 1. The number of carboxylic acid groups (broad SMARTS) is 1. The van der Waals surface area contributed by atoms with E-state index >= 15 is 0 Å². The van der Waals surface area contributed by atoms with Crippen molar-refractivity contribution in [3.63, 3.8) is 0 Å². The minimum atomic E-state index is -1.18. The van der Waals surface area contributed by atoms with Gasteiger partial charge < -0.3 is 9.84 Å². The summed E-state index contributed by atoms with van der Waals surface area (Å²) in [6.45, 7) is 5.07. The maximum atomic E-state index is 13.5. The highest BCUT2D eigenvalue weighted by Gasteiger charge is 2.19. The van der Waals surface area contributed by atoms with Gasteiger partial charge in [0.1, 0.15) is 11.4 Å². The number of anilines is 1. The van der Waals surface area contributed by atoms with E-state index in [4.69, 9.17) is 9.84 Å². The molecule has 0 radical (unpaired) electrons. The summed E-state index contributed by atoms with van der Waals surface area (Å²) in [6.07, 6.45) is -1.28. The molecule has 19 heavy (non-hydrogen) atoms. The molecule has 0 heterocycles. The SMILES string of the molecule is CC(C)(C)OC(=O)Nc1cccc(F)c1CC(=O)O. The van der Waals surface area contributed by atoms with E-state index in [2.05, 4.69) is 5.32 Å². The number of aliphatic carboxylic acids is 1. The Morgan fingerprint density at radius 1 is 1.37 bits per heavy atom. The van der Waals surface area contributed by atoms with Crippen molar-refractivity contribution in [2.45, 2.75) is 32.8 Å². The predicted octanol–water partition coefficient (Wildman–Crippen LogP) is 2.80. The van der Waals surface area contributed by atoms with Crippen LogP contribution < -0.4 is 5.32 Å². The molecular formula is C13H16FNO4. The summed E-state index contributed by atoms with van der Waals surface area (Å²) in [5.74, 6) is -1.87. The minimum absolute atomic E-state index is 0.0825. The molecule has 2 N–H and O–H groups in total. The smallest absolute Gasteiger partial charge is 0.412 e. The molecule has 1 amide bonds. The summed E-state index contributed by atoms with van der Waals surface area (Å²) < 4.78 is 18.6. The molecule has 0 aliphatic heterocycles. The summed E-state index contributed by atoms with van der Waals surface area (Å²) >= 11 is 0. The van der Waals surface area contributed by atoms with Gasteiger partial charge in [-0.2, -0.15) is 0 Å². The maximum Gasteiger partial charge on any atom is 0.412 e. The summed E-state index contributed by atoms with van der Waals surface area (Å²) in [5, 5.41) is 11.1. The molecular weight excluding hydrogens is 253 g/mol. The minimum Gasteiger partial charge on any atom is -0.481 e. The third kappa shape index (κ3) is 4.95. The zero-order valence-electron chi connectivity index (χ0n) is 11.0. The van der Waals surface area contributed by atoms with E-state index in [1.807, 2.05) is 0 Å². The summed E-state index contributed by atoms with van der Waals surface area (Å²) in [4.78, 5) is 22.3. The molecule has 1 aromatic rings. The van der Waals surface area contributed by atoms with E-state index < -0.39 is 29.9 Å². The lowest BCUT2D eigenvalue weighted by molar-refractivity contribution is -0.136. The number of hydrogen-bond acceptors (Lipinski definition) is 3. The molecule has 5 nitrogen and oxygen atoms in total. The molecule has 0 aromatic heterocycles. The van der Waals surface area contributed by atoms with E-state index in [0.717, 1.165) is 6.07 Å². The van der Waals surface area contributed by atoms with Gasteiger partial charge in [-0.05, 0) is 32.9 Å². The van der Waals surface area contributed by atoms with E-state index in [-0.39, 0.29) is 11.3 Å². The Kier molecular flexibility index (Phi) is 4.47. The van der Waals surface area contributed by atoms with Crippen LogP contribution in [-0.4, -0.2) is 22.8 Å². The van der Waals surface area contributed by atoms with E-state index in [1.165, 1.54) is 12.1 Å². The summed E-state index contributed by atoms with van der Waals surface area (Å²) in [7, 11) is 0. The second kappa shape index (κ2) is 5.69. The fourth-order valence-electron chi connectivity index (χ4n) is 1.42. The van der Waals surface area contributed by atoms with Crippen molar-refractivity contribution >= 4 is 17.7 Å².